The van der Waals surface area contributed by atoms with Gasteiger partial charge in [0.25, 0.3) is 11.6 Å². The van der Waals surface area contributed by atoms with Crippen LogP contribution >= 0.6 is 11.9 Å². The van der Waals surface area contributed by atoms with Crippen molar-refractivity contribution in [3.05, 3.63) is 52.1 Å². The highest BCUT2D eigenvalue weighted by Gasteiger charge is 2.44. The van der Waals surface area contributed by atoms with E-state index in [1.807, 2.05) is 0 Å². The summed E-state index contributed by atoms with van der Waals surface area (Å²) in [6.07, 6.45) is -2.95. The monoisotopic (exact) mass is 405 g/mol. The molecule has 1 unspecified atom stereocenters. The van der Waals surface area contributed by atoms with Crippen molar-refractivity contribution in [2.45, 2.75) is 18.8 Å². The van der Waals surface area contributed by atoms with Crippen molar-refractivity contribution < 1.29 is 32.5 Å². The highest BCUT2D eigenvalue weighted by Crippen LogP contribution is 2.34. The third-order valence-corrected chi connectivity index (χ3v) is 4.42. The number of hydrogen-bond acceptors (Lipinski definition) is 6. The van der Waals surface area contributed by atoms with E-state index < -0.39 is 40.0 Å². The van der Waals surface area contributed by atoms with Crippen LogP contribution < -0.4 is 0 Å². The third kappa shape index (κ3) is 4.39. The fraction of sp³-hybridized carbons (Fsp3) is 0.333. The topological polar surface area (TPSA) is 93.0 Å². The van der Waals surface area contributed by atoms with Crippen molar-refractivity contribution in [3.8, 4) is 0 Å². The molecule has 146 valence electrons. The predicted octanol–water partition coefficient (Wildman–Crippen LogP) is 3.01. The summed E-state index contributed by atoms with van der Waals surface area (Å²) in [6, 6.07) is 1.57. The van der Waals surface area contributed by atoms with Gasteiger partial charge in [-0.25, -0.2) is 0 Å². The molecule has 2 amide bonds. The van der Waals surface area contributed by atoms with Crippen LogP contribution in [0, 0.1) is 10.1 Å². The lowest BCUT2D eigenvalue weighted by Gasteiger charge is -2.43. The molecule has 2 rings (SSSR count). The number of hydrogen-bond donors (Lipinski definition) is 0. The van der Waals surface area contributed by atoms with Crippen LogP contribution in [0.25, 0.3) is 0 Å². The van der Waals surface area contributed by atoms with Crippen LogP contribution in [-0.2, 0) is 15.8 Å². The highest BCUT2D eigenvalue weighted by molar-refractivity contribution is 7.96. The van der Waals surface area contributed by atoms with Gasteiger partial charge in [0.1, 0.15) is 0 Å². The van der Waals surface area contributed by atoms with Gasteiger partial charge in [0.2, 0.25) is 5.91 Å². The molecule has 0 N–H and O–H groups in total. The SMILES string of the molecule is C=CCON(C(=O)c1cc([N+](=O)[O-])cc(C(F)(F)F)c1)C1CC(=O)N1SC. The molecule has 1 fully saturated rings. The molecule has 0 aromatic heterocycles. The largest absolute Gasteiger partial charge is 0.416 e. The molecular formula is C15H14F3N3O5S. The zero-order valence-electron chi connectivity index (χ0n) is 13.9. The first kappa shape index (κ1) is 20.7. The van der Waals surface area contributed by atoms with E-state index in [0.717, 1.165) is 23.1 Å². The first-order valence-electron chi connectivity index (χ1n) is 7.40. The maximum absolute atomic E-state index is 13.0. The van der Waals surface area contributed by atoms with E-state index >= 15 is 0 Å². The van der Waals surface area contributed by atoms with Crippen LogP contribution in [0.4, 0.5) is 18.9 Å². The zero-order valence-corrected chi connectivity index (χ0v) is 14.7. The quantitative estimate of drug-likeness (QED) is 0.228. The smallest absolute Gasteiger partial charge is 0.274 e. The number of halogens is 3. The van der Waals surface area contributed by atoms with E-state index in [0.29, 0.717) is 12.1 Å². The van der Waals surface area contributed by atoms with E-state index in [4.69, 9.17) is 4.84 Å². The van der Waals surface area contributed by atoms with Gasteiger partial charge in [-0.3, -0.25) is 28.8 Å². The van der Waals surface area contributed by atoms with Crippen LogP contribution in [0.2, 0.25) is 0 Å². The summed E-state index contributed by atoms with van der Waals surface area (Å²) in [4.78, 5) is 39.5. The lowest BCUT2D eigenvalue weighted by molar-refractivity contribution is -0.385. The minimum absolute atomic E-state index is 0.0925. The van der Waals surface area contributed by atoms with Crippen molar-refractivity contribution in [2.75, 3.05) is 12.9 Å². The molecule has 0 radical (unpaired) electrons. The lowest BCUT2D eigenvalue weighted by Crippen LogP contribution is -2.59. The van der Waals surface area contributed by atoms with E-state index in [-0.39, 0.29) is 18.9 Å². The number of β-lactam (4-membered cyclic amide) rings is 1. The van der Waals surface area contributed by atoms with Gasteiger partial charge >= 0.3 is 6.18 Å². The molecule has 0 aliphatic carbocycles. The number of nitrogens with zero attached hydrogens (tertiary/aromatic N) is 3. The molecule has 12 heteroatoms. The van der Waals surface area contributed by atoms with Gasteiger partial charge in [-0.1, -0.05) is 6.08 Å². The first-order valence-corrected chi connectivity index (χ1v) is 8.58. The van der Waals surface area contributed by atoms with Crippen molar-refractivity contribution in [1.29, 1.82) is 0 Å². The Kier molecular flexibility index (Phi) is 6.11. The average Bonchev–Trinajstić information content (AvgIpc) is 2.59. The molecule has 1 aromatic rings. The molecule has 1 atom stereocenters. The van der Waals surface area contributed by atoms with E-state index in [1.165, 1.54) is 10.4 Å². The maximum atomic E-state index is 13.0. The standard InChI is InChI=1S/C15H14F3N3O5S/c1-3-4-26-19(12-8-13(22)20(12)27-2)14(23)9-5-10(15(16,17)18)7-11(6-9)21(24)25/h3,5-7,12H,1,4,8H2,2H3. The number of carbonyl (C=O) groups excluding carboxylic acids is 2. The first-order chi connectivity index (χ1) is 12.6. The number of amides is 2. The minimum Gasteiger partial charge on any atom is -0.274 e. The van der Waals surface area contributed by atoms with Crippen molar-refractivity contribution in [3.63, 3.8) is 0 Å². The fourth-order valence-corrected chi connectivity index (χ4v) is 3.01. The second-order valence-corrected chi connectivity index (χ2v) is 6.08. The Morgan fingerprint density at radius 3 is 2.67 bits per heavy atom. The summed E-state index contributed by atoms with van der Waals surface area (Å²) in [7, 11) is 0. The number of nitro groups is 1. The summed E-state index contributed by atoms with van der Waals surface area (Å²) < 4.78 is 40.3. The molecule has 0 spiro atoms. The van der Waals surface area contributed by atoms with Gasteiger partial charge in [0, 0.05) is 24.0 Å². The second-order valence-electron chi connectivity index (χ2n) is 5.33. The van der Waals surface area contributed by atoms with Gasteiger partial charge in [-0.2, -0.15) is 18.2 Å². The number of alkyl halides is 3. The third-order valence-electron chi connectivity index (χ3n) is 3.58. The van der Waals surface area contributed by atoms with Crippen molar-refractivity contribution >= 4 is 29.4 Å². The summed E-state index contributed by atoms with van der Waals surface area (Å²) in [5.41, 5.74) is -2.81. The van der Waals surface area contributed by atoms with E-state index in [1.54, 1.807) is 6.26 Å². The fourth-order valence-electron chi connectivity index (χ4n) is 2.33. The highest BCUT2D eigenvalue weighted by atomic mass is 32.2. The molecule has 0 saturated carbocycles. The molecule has 1 aromatic carbocycles. The predicted molar refractivity (Wildman–Crippen MR) is 89.2 cm³/mol. The molecule has 0 bridgehead atoms. The Labute approximate surface area is 155 Å². The Balaban J connectivity index is 2.44. The Bertz CT molecular complexity index is 786. The van der Waals surface area contributed by atoms with E-state index in [2.05, 4.69) is 6.58 Å². The van der Waals surface area contributed by atoms with Crippen LogP contribution in [0.15, 0.2) is 30.9 Å². The van der Waals surface area contributed by atoms with Gasteiger partial charge < -0.3 is 0 Å². The van der Waals surface area contributed by atoms with Crippen LogP contribution in [-0.4, -0.2) is 45.1 Å². The van der Waals surface area contributed by atoms with Gasteiger partial charge in [0.05, 0.1) is 23.5 Å². The van der Waals surface area contributed by atoms with Gasteiger partial charge in [-0.05, 0) is 18.0 Å². The van der Waals surface area contributed by atoms with Crippen LogP contribution in [0.1, 0.15) is 22.3 Å². The molecular weight excluding hydrogens is 391 g/mol. The summed E-state index contributed by atoms with van der Waals surface area (Å²) in [6.45, 7) is 3.27. The second kappa shape index (κ2) is 7.96. The normalized spacial score (nSPS) is 16.7. The summed E-state index contributed by atoms with van der Waals surface area (Å²) in [5, 5.41) is 11.7. The van der Waals surface area contributed by atoms with Gasteiger partial charge in [0.15, 0.2) is 6.17 Å². The van der Waals surface area contributed by atoms with Crippen LogP contribution in [0.3, 0.4) is 0 Å². The number of hydroxylamine groups is 2. The number of rotatable bonds is 7. The summed E-state index contributed by atoms with van der Waals surface area (Å²) >= 11 is 1.01. The zero-order chi connectivity index (χ0) is 20.4. The number of non-ortho nitro benzene ring substituents is 1. The van der Waals surface area contributed by atoms with Crippen molar-refractivity contribution in [2.24, 2.45) is 0 Å². The van der Waals surface area contributed by atoms with Crippen LogP contribution in [0.5, 0.6) is 0 Å². The maximum Gasteiger partial charge on any atom is 0.416 e. The molecule has 27 heavy (non-hydrogen) atoms. The van der Waals surface area contributed by atoms with Crippen molar-refractivity contribution in [1.82, 2.24) is 9.37 Å². The molecule has 1 aliphatic rings. The lowest BCUT2D eigenvalue weighted by atomic mass is 10.1. The number of benzene rings is 1. The number of carbonyl (C=O) groups is 2. The average molecular weight is 405 g/mol. The van der Waals surface area contributed by atoms with E-state index in [9.17, 15) is 32.9 Å². The Morgan fingerprint density at radius 2 is 2.19 bits per heavy atom. The molecule has 8 nitrogen and oxygen atoms in total. The molecule has 1 aliphatic heterocycles. The summed E-state index contributed by atoms with van der Waals surface area (Å²) in [5.74, 6) is -1.33. The Morgan fingerprint density at radius 1 is 1.52 bits per heavy atom. The Hall–Kier alpha value is -2.60. The molecule has 1 saturated heterocycles. The number of nitro benzene ring substituents is 1. The van der Waals surface area contributed by atoms with Gasteiger partial charge in [-0.15, -0.1) is 6.58 Å². The minimum atomic E-state index is -4.88. The molecule has 1 heterocycles.